The highest BCUT2D eigenvalue weighted by molar-refractivity contribution is 7.87. The summed E-state index contributed by atoms with van der Waals surface area (Å²) in [6.07, 6.45) is 0. The van der Waals surface area contributed by atoms with Gasteiger partial charge < -0.3 is 5.32 Å². The van der Waals surface area contributed by atoms with Gasteiger partial charge in [0.05, 0.1) is 5.54 Å². The van der Waals surface area contributed by atoms with E-state index in [4.69, 9.17) is 0 Å². The van der Waals surface area contributed by atoms with Gasteiger partial charge in [-0.05, 0) is 0 Å². The van der Waals surface area contributed by atoms with Crippen LogP contribution in [0.1, 0.15) is 0 Å². The molecule has 0 atom stereocenters. The number of rotatable bonds is 0. The lowest BCUT2D eigenvalue weighted by atomic mass is 9.93. The second kappa shape index (κ2) is 1.95. The summed E-state index contributed by atoms with van der Waals surface area (Å²) in [6, 6.07) is 0. The van der Waals surface area contributed by atoms with Crippen LogP contribution in [0, 0.1) is 0 Å². The Hall–Kier alpha value is -0.170. The van der Waals surface area contributed by atoms with E-state index in [0.29, 0.717) is 6.54 Å². The lowest BCUT2D eigenvalue weighted by molar-refractivity contribution is 0.162. The average Bonchev–Trinajstić information content (AvgIpc) is 2.05. The third-order valence-electron chi connectivity index (χ3n) is 2.52. The van der Waals surface area contributed by atoms with E-state index >= 15 is 0 Å². The van der Waals surface area contributed by atoms with E-state index in [1.807, 2.05) is 0 Å². The van der Waals surface area contributed by atoms with Crippen molar-refractivity contribution < 1.29 is 8.42 Å². The molecular formula is C5H11N3O2S. The Balaban J connectivity index is 2.31. The molecule has 2 aliphatic heterocycles. The fraction of sp³-hybridized carbons (Fsp3) is 1.00. The quantitative estimate of drug-likeness (QED) is 0.455. The highest BCUT2D eigenvalue weighted by Gasteiger charge is 2.51. The predicted molar refractivity (Wildman–Crippen MR) is 40.3 cm³/mol. The minimum atomic E-state index is -3.15. The normalized spacial score (nSPS) is 33.9. The Kier molecular flexibility index (Phi) is 1.32. The van der Waals surface area contributed by atoms with Crippen LogP contribution in [-0.2, 0) is 10.2 Å². The molecule has 0 amide bonds. The molecule has 0 radical (unpaired) electrons. The van der Waals surface area contributed by atoms with Gasteiger partial charge in [-0.15, -0.1) is 0 Å². The highest BCUT2D eigenvalue weighted by atomic mass is 32.2. The van der Waals surface area contributed by atoms with E-state index in [1.54, 1.807) is 7.05 Å². The summed E-state index contributed by atoms with van der Waals surface area (Å²) in [5.41, 5.74) is -0.168. The smallest absolute Gasteiger partial charge is 0.279 e. The standard InChI is InChI=1S/C5H11N3O2S/c1-8-5(2-6-3-5)4-7-11(8,9)10/h6-7H,2-4H2,1H3. The zero-order valence-corrected chi connectivity index (χ0v) is 7.11. The third kappa shape index (κ3) is 0.837. The van der Waals surface area contributed by atoms with Crippen molar-refractivity contribution in [3.05, 3.63) is 0 Å². The van der Waals surface area contributed by atoms with Crippen molar-refractivity contribution in [2.75, 3.05) is 26.7 Å². The van der Waals surface area contributed by atoms with Crippen molar-refractivity contribution in [2.45, 2.75) is 5.54 Å². The first-order valence-electron chi connectivity index (χ1n) is 3.51. The van der Waals surface area contributed by atoms with Gasteiger partial charge in [0.15, 0.2) is 0 Å². The molecule has 2 fully saturated rings. The van der Waals surface area contributed by atoms with E-state index < -0.39 is 10.2 Å². The molecule has 2 saturated heterocycles. The summed E-state index contributed by atoms with van der Waals surface area (Å²) in [5, 5.41) is 3.07. The topological polar surface area (TPSA) is 61.4 Å². The van der Waals surface area contributed by atoms with Crippen LogP contribution < -0.4 is 10.0 Å². The number of likely N-dealkylation sites (N-methyl/N-ethyl adjacent to an activating group) is 1. The molecular weight excluding hydrogens is 166 g/mol. The molecule has 0 aliphatic carbocycles. The lowest BCUT2D eigenvalue weighted by Crippen LogP contribution is -2.67. The number of hydrogen-bond acceptors (Lipinski definition) is 3. The minimum absolute atomic E-state index is 0.168. The van der Waals surface area contributed by atoms with E-state index in [-0.39, 0.29) is 5.54 Å². The van der Waals surface area contributed by atoms with Crippen molar-refractivity contribution in [2.24, 2.45) is 0 Å². The maximum absolute atomic E-state index is 11.2. The first-order chi connectivity index (χ1) is 5.07. The summed E-state index contributed by atoms with van der Waals surface area (Å²) in [7, 11) is -1.53. The van der Waals surface area contributed by atoms with E-state index in [9.17, 15) is 8.42 Å². The molecule has 2 aliphatic rings. The first kappa shape index (κ1) is 7.48. The van der Waals surface area contributed by atoms with Crippen LogP contribution in [0.25, 0.3) is 0 Å². The second-order valence-electron chi connectivity index (χ2n) is 3.12. The van der Waals surface area contributed by atoms with Crippen LogP contribution in [0.2, 0.25) is 0 Å². The summed E-state index contributed by atoms with van der Waals surface area (Å²) in [4.78, 5) is 0. The van der Waals surface area contributed by atoms with Crippen LogP contribution >= 0.6 is 0 Å². The van der Waals surface area contributed by atoms with E-state index in [0.717, 1.165) is 13.1 Å². The van der Waals surface area contributed by atoms with Gasteiger partial charge in [-0.25, -0.2) is 4.72 Å². The maximum atomic E-state index is 11.2. The molecule has 0 aromatic heterocycles. The second-order valence-corrected chi connectivity index (χ2v) is 4.91. The summed E-state index contributed by atoms with van der Waals surface area (Å²) >= 11 is 0. The number of nitrogens with zero attached hydrogens (tertiary/aromatic N) is 1. The fourth-order valence-corrected chi connectivity index (χ4v) is 2.80. The molecule has 2 heterocycles. The zero-order chi connectivity index (χ0) is 8.11. The van der Waals surface area contributed by atoms with Gasteiger partial charge in [-0.1, -0.05) is 0 Å². The maximum Gasteiger partial charge on any atom is 0.279 e. The van der Waals surface area contributed by atoms with Gasteiger partial charge >= 0.3 is 0 Å². The lowest BCUT2D eigenvalue weighted by Gasteiger charge is -2.41. The van der Waals surface area contributed by atoms with Crippen LogP contribution in [0.3, 0.4) is 0 Å². The van der Waals surface area contributed by atoms with Crippen LogP contribution in [0.5, 0.6) is 0 Å². The molecule has 0 aromatic carbocycles. The Labute approximate surface area is 65.9 Å². The van der Waals surface area contributed by atoms with Crippen molar-refractivity contribution in [3.63, 3.8) is 0 Å². The Morgan fingerprint density at radius 3 is 2.18 bits per heavy atom. The van der Waals surface area contributed by atoms with Gasteiger partial charge in [0.1, 0.15) is 0 Å². The molecule has 2 rings (SSSR count). The summed E-state index contributed by atoms with van der Waals surface area (Å²) in [6.45, 7) is 2.06. The molecule has 1 spiro atoms. The first-order valence-corrected chi connectivity index (χ1v) is 4.95. The number of nitrogens with one attached hydrogen (secondary N) is 2. The predicted octanol–water partition coefficient (Wildman–Crippen LogP) is -1.89. The molecule has 0 bridgehead atoms. The van der Waals surface area contributed by atoms with Crippen LogP contribution in [0.4, 0.5) is 0 Å². The molecule has 0 saturated carbocycles. The average molecular weight is 177 g/mol. The highest BCUT2D eigenvalue weighted by Crippen LogP contribution is 2.25. The molecule has 0 unspecified atom stereocenters. The van der Waals surface area contributed by atoms with Crippen LogP contribution in [-0.4, -0.2) is 44.9 Å². The molecule has 6 heteroatoms. The monoisotopic (exact) mass is 177 g/mol. The molecule has 2 N–H and O–H groups in total. The van der Waals surface area contributed by atoms with Crippen molar-refractivity contribution in [1.29, 1.82) is 0 Å². The van der Waals surface area contributed by atoms with Gasteiger partial charge in [-0.3, -0.25) is 0 Å². The van der Waals surface area contributed by atoms with Gasteiger partial charge in [-0.2, -0.15) is 12.7 Å². The van der Waals surface area contributed by atoms with Crippen molar-refractivity contribution in [3.8, 4) is 0 Å². The van der Waals surface area contributed by atoms with Gasteiger partial charge in [0, 0.05) is 26.7 Å². The Bertz CT molecular complexity index is 269. The van der Waals surface area contributed by atoms with Crippen molar-refractivity contribution in [1.82, 2.24) is 14.3 Å². The zero-order valence-electron chi connectivity index (χ0n) is 6.29. The summed E-state index contributed by atoms with van der Waals surface area (Å²) < 4.78 is 26.2. The third-order valence-corrected chi connectivity index (χ3v) is 4.14. The van der Waals surface area contributed by atoms with Crippen molar-refractivity contribution >= 4 is 10.2 Å². The Morgan fingerprint density at radius 2 is 2.00 bits per heavy atom. The van der Waals surface area contributed by atoms with Crippen LogP contribution in [0.15, 0.2) is 0 Å². The Morgan fingerprint density at radius 1 is 1.36 bits per heavy atom. The molecule has 64 valence electrons. The number of hydrogen-bond donors (Lipinski definition) is 2. The fourth-order valence-electron chi connectivity index (χ4n) is 1.45. The van der Waals surface area contributed by atoms with Gasteiger partial charge in [0.25, 0.3) is 10.2 Å². The SMILES string of the molecule is CN1C2(CNC2)CNS1(=O)=O. The molecule has 0 aromatic rings. The van der Waals surface area contributed by atoms with E-state index in [1.165, 1.54) is 4.31 Å². The largest absolute Gasteiger partial charge is 0.313 e. The molecule has 5 nitrogen and oxygen atoms in total. The van der Waals surface area contributed by atoms with E-state index in [2.05, 4.69) is 10.0 Å². The summed E-state index contributed by atoms with van der Waals surface area (Å²) in [5.74, 6) is 0. The minimum Gasteiger partial charge on any atom is -0.313 e. The van der Waals surface area contributed by atoms with Gasteiger partial charge in [0.2, 0.25) is 0 Å². The molecule has 11 heavy (non-hydrogen) atoms.